The van der Waals surface area contributed by atoms with Crippen molar-refractivity contribution in [2.75, 3.05) is 0 Å². The monoisotopic (exact) mass is 298 g/mol. The molecule has 1 aromatic rings. The predicted octanol–water partition coefficient (Wildman–Crippen LogP) is 3.70. The molecule has 4 nitrogen and oxygen atoms in total. The average molecular weight is 298 g/mol. The molecule has 22 heavy (non-hydrogen) atoms. The van der Waals surface area contributed by atoms with Crippen LogP contribution >= 0.6 is 0 Å². The first-order valence-corrected chi connectivity index (χ1v) is 7.32. The van der Waals surface area contributed by atoms with Crippen LogP contribution in [0.5, 0.6) is 5.75 Å². The van der Waals surface area contributed by atoms with Gasteiger partial charge in [-0.25, -0.2) is 5.43 Å². The lowest BCUT2D eigenvalue weighted by molar-refractivity contribution is -0.117. The largest absolute Gasteiger partial charge is 0.508 e. The number of aromatic hydroxyl groups is 1. The van der Waals surface area contributed by atoms with Gasteiger partial charge in [0.15, 0.2) is 0 Å². The third-order valence-electron chi connectivity index (χ3n) is 2.94. The Balaban J connectivity index is 0.00000116. The van der Waals surface area contributed by atoms with Crippen LogP contribution in [0.1, 0.15) is 32.8 Å². The Labute approximate surface area is 131 Å². The summed E-state index contributed by atoms with van der Waals surface area (Å²) in [6.07, 6.45) is 9.81. The van der Waals surface area contributed by atoms with Gasteiger partial charge in [0.25, 0.3) is 5.91 Å². The molecule has 1 aliphatic rings. The van der Waals surface area contributed by atoms with Crippen molar-refractivity contribution in [1.29, 1.82) is 0 Å². The molecule has 0 radical (unpaired) electrons. The molecule has 0 bridgehead atoms. The molecule has 4 heteroatoms. The first-order chi connectivity index (χ1) is 10.7. The maximum absolute atomic E-state index is 12.0. The summed E-state index contributed by atoms with van der Waals surface area (Å²) in [4.78, 5) is 12.0. The maximum atomic E-state index is 12.0. The Morgan fingerprint density at radius 3 is 2.59 bits per heavy atom. The van der Waals surface area contributed by atoms with Gasteiger partial charge in [0.2, 0.25) is 0 Å². The fraction of sp³-hybridized carbons (Fsp3) is 0.222. The number of hydrogen-bond donors (Lipinski definition) is 2. The van der Waals surface area contributed by atoms with Crippen LogP contribution in [0, 0.1) is 0 Å². The van der Waals surface area contributed by atoms with Gasteiger partial charge in [-0.05, 0) is 48.7 Å². The zero-order valence-corrected chi connectivity index (χ0v) is 13.2. The lowest BCUT2D eigenvalue weighted by Gasteiger charge is -2.05. The van der Waals surface area contributed by atoms with Crippen LogP contribution in [-0.2, 0) is 4.79 Å². The predicted molar refractivity (Wildman–Crippen MR) is 90.8 cm³/mol. The van der Waals surface area contributed by atoms with Crippen LogP contribution in [0.4, 0.5) is 0 Å². The third kappa shape index (κ3) is 5.40. The van der Waals surface area contributed by atoms with Gasteiger partial charge in [-0.3, -0.25) is 4.79 Å². The molecule has 2 rings (SSSR count). The number of nitrogens with one attached hydrogen (secondary N) is 1. The van der Waals surface area contributed by atoms with Crippen LogP contribution in [-0.4, -0.2) is 17.2 Å². The molecular weight excluding hydrogens is 276 g/mol. The zero-order chi connectivity index (χ0) is 16.4. The number of hydrogen-bond acceptors (Lipinski definition) is 3. The minimum Gasteiger partial charge on any atom is -0.508 e. The first kappa shape index (κ1) is 17.4. The van der Waals surface area contributed by atoms with E-state index in [1.54, 1.807) is 24.3 Å². The third-order valence-corrected chi connectivity index (χ3v) is 2.94. The molecule has 0 aliphatic heterocycles. The first-order valence-electron chi connectivity index (χ1n) is 7.32. The topological polar surface area (TPSA) is 61.7 Å². The van der Waals surface area contributed by atoms with Crippen LogP contribution in [0.25, 0.3) is 0 Å². The molecule has 1 aliphatic carbocycles. The molecule has 116 valence electrons. The van der Waals surface area contributed by atoms with E-state index in [0.717, 1.165) is 11.1 Å². The number of phenolic OH excluding ortho intramolecular Hbond substituents is 1. The van der Waals surface area contributed by atoms with Crippen molar-refractivity contribution in [3.63, 3.8) is 0 Å². The average Bonchev–Trinajstić information content (AvgIpc) is 2.76. The van der Waals surface area contributed by atoms with Crippen molar-refractivity contribution in [3.8, 4) is 5.75 Å². The Kier molecular flexibility index (Phi) is 7.40. The van der Waals surface area contributed by atoms with Gasteiger partial charge in [-0.1, -0.05) is 38.2 Å². The molecule has 0 saturated heterocycles. The summed E-state index contributed by atoms with van der Waals surface area (Å²) in [5, 5.41) is 13.1. The van der Waals surface area contributed by atoms with E-state index in [2.05, 4.69) is 10.5 Å². The standard InChI is InChI=1S/C16H16N2O2.C2H6/c1-12-5-3-2-4-6-15(12)16(20)18-17-11-13-7-9-14(19)10-8-13;1-2/h2-5,7-11,19H,6H2,1H3,(H,18,20);1-2H3/b17-11+;. The Bertz CT molecular complexity index is 608. The number of carbonyl (C=O) groups excluding carboxylic acids is 1. The molecule has 1 amide bonds. The van der Waals surface area contributed by atoms with E-state index >= 15 is 0 Å². The van der Waals surface area contributed by atoms with Crippen molar-refractivity contribution >= 4 is 12.1 Å². The van der Waals surface area contributed by atoms with Gasteiger partial charge in [-0.15, -0.1) is 0 Å². The number of phenols is 1. The fourth-order valence-electron chi connectivity index (χ4n) is 1.79. The molecule has 0 aromatic heterocycles. The van der Waals surface area contributed by atoms with Crippen molar-refractivity contribution in [3.05, 3.63) is 65.3 Å². The normalized spacial score (nSPS) is 13.6. The van der Waals surface area contributed by atoms with Crippen LogP contribution < -0.4 is 5.43 Å². The highest BCUT2D eigenvalue weighted by atomic mass is 16.3. The highest BCUT2D eigenvalue weighted by molar-refractivity contribution is 5.95. The van der Waals surface area contributed by atoms with Gasteiger partial charge < -0.3 is 5.11 Å². The molecule has 0 saturated carbocycles. The minimum atomic E-state index is -0.200. The molecule has 2 N–H and O–H groups in total. The van der Waals surface area contributed by atoms with E-state index in [4.69, 9.17) is 5.11 Å². The summed E-state index contributed by atoms with van der Waals surface area (Å²) in [5.41, 5.74) is 4.96. The molecule has 0 atom stereocenters. The van der Waals surface area contributed by atoms with Gasteiger partial charge >= 0.3 is 0 Å². The highest BCUT2D eigenvalue weighted by Gasteiger charge is 2.10. The number of hydrazone groups is 1. The molecule has 0 spiro atoms. The molecule has 0 heterocycles. The Morgan fingerprint density at radius 2 is 1.91 bits per heavy atom. The summed E-state index contributed by atoms with van der Waals surface area (Å²) >= 11 is 0. The summed E-state index contributed by atoms with van der Waals surface area (Å²) in [6, 6.07) is 6.56. The fourth-order valence-corrected chi connectivity index (χ4v) is 1.79. The highest BCUT2D eigenvalue weighted by Crippen LogP contribution is 2.14. The lowest BCUT2D eigenvalue weighted by atomic mass is 10.1. The molecular formula is C18H22N2O2. The summed E-state index contributed by atoms with van der Waals surface area (Å²) in [5.74, 6) is -0.00211. The second-order valence-corrected chi connectivity index (χ2v) is 4.44. The van der Waals surface area contributed by atoms with Gasteiger partial charge in [-0.2, -0.15) is 5.10 Å². The van der Waals surface area contributed by atoms with Gasteiger partial charge in [0.05, 0.1) is 6.21 Å². The number of nitrogens with zero attached hydrogens (tertiary/aromatic N) is 1. The van der Waals surface area contributed by atoms with Crippen molar-refractivity contribution in [1.82, 2.24) is 5.43 Å². The van der Waals surface area contributed by atoms with E-state index < -0.39 is 0 Å². The van der Waals surface area contributed by atoms with Crippen LogP contribution in [0.15, 0.2) is 64.8 Å². The van der Waals surface area contributed by atoms with Gasteiger partial charge in [0.1, 0.15) is 5.75 Å². The number of benzene rings is 1. The smallest absolute Gasteiger partial charge is 0.267 e. The Hall–Kier alpha value is -2.62. The van der Waals surface area contributed by atoms with E-state index in [0.29, 0.717) is 12.0 Å². The quantitative estimate of drug-likeness (QED) is 0.660. The minimum absolute atomic E-state index is 0.198. The summed E-state index contributed by atoms with van der Waals surface area (Å²) < 4.78 is 0. The molecule has 0 fully saturated rings. The van der Waals surface area contributed by atoms with Crippen molar-refractivity contribution < 1.29 is 9.90 Å². The number of rotatable bonds is 3. The molecule has 1 aromatic carbocycles. The Morgan fingerprint density at radius 1 is 1.23 bits per heavy atom. The zero-order valence-electron chi connectivity index (χ0n) is 13.2. The number of amides is 1. The van der Waals surface area contributed by atoms with E-state index in [-0.39, 0.29) is 11.7 Å². The van der Waals surface area contributed by atoms with Crippen molar-refractivity contribution in [2.45, 2.75) is 27.2 Å². The summed E-state index contributed by atoms with van der Waals surface area (Å²) in [7, 11) is 0. The van der Waals surface area contributed by atoms with E-state index in [1.807, 2.05) is 45.1 Å². The molecule has 0 unspecified atom stereocenters. The van der Waals surface area contributed by atoms with E-state index in [9.17, 15) is 4.79 Å². The maximum Gasteiger partial charge on any atom is 0.267 e. The number of carbonyl (C=O) groups is 1. The summed E-state index contributed by atoms with van der Waals surface area (Å²) in [6.45, 7) is 5.90. The SMILES string of the molecule is CC.CC1=C(C(=O)N/N=C/c2ccc(O)cc2)CC=CC=C1. The van der Waals surface area contributed by atoms with Gasteiger partial charge in [0, 0.05) is 5.57 Å². The van der Waals surface area contributed by atoms with Crippen LogP contribution in [0.3, 0.4) is 0 Å². The second-order valence-electron chi connectivity index (χ2n) is 4.44. The van der Waals surface area contributed by atoms with E-state index in [1.165, 1.54) is 6.21 Å². The number of allylic oxidation sites excluding steroid dienone is 5. The second kappa shape index (κ2) is 9.34. The van der Waals surface area contributed by atoms with Crippen LogP contribution in [0.2, 0.25) is 0 Å². The lowest BCUT2D eigenvalue weighted by Crippen LogP contribution is -2.20. The van der Waals surface area contributed by atoms with Crippen molar-refractivity contribution in [2.24, 2.45) is 5.10 Å².